The molecule has 1 unspecified atom stereocenters. The van der Waals surface area contributed by atoms with Crippen LogP contribution in [-0.2, 0) is 14.2 Å². The third kappa shape index (κ3) is 3.59. The van der Waals surface area contributed by atoms with E-state index in [1.807, 2.05) is 13.8 Å². The minimum absolute atomic E-state index is 0.0752. The topological polar surface area (TPSA) is 56.8 Å². The molecule has 0 amide bonds. The molecule has 2 fully saturated rings. The van der Waals surface area contributed by atoms with Gasteiger partial charge in [-0.05, 0) is 31.8 Å². The van der Waals surface area contributed by atoms with Gasteiger partial charge in [0.2, 0.25) is 0 Å². The van der Waals surface area contributed by atoms with Crippen LogP contribution >= 0.6 is 0 Å². The SMILES string of the molecule is CC(C)COC(=O)OC1COC2(CCNCC2)C1. The Morgan fingerprint density at radius 1 is 1.44 bits per heavy atom. The second kappa shape index (κ2) is 5.89. The van der Waals surface area contributed by atoms with Gasteiger partial charge in [-0.2, -0.15) is 0 Å². The van der Waals surface area contributed by atoms with Gasteiger partial charge < -0.3 is 19.5 Å². The van der Waals surface area contributed by atoms with Crippen LogP contribution in [0.25, 0.3) is 0 Å². The van der Waals surface area contributed by atoms with Crippen LogP contribution in [0.5, 0.6) is 0 Å². The monoisotopic (exact) mass is 257 g/mol. The fourth-order valence-electron chi connectivity index (χ4n) is 2.51. The summed E-state index contributed by atoms with van der Waals surface area (Å²) in [7, 11) is 0. The molecular weight excluding hydrogens is 234 g/mol. The molecule has 0 saturated carbocycles. The minimum atomic E-state index is -0.566. The maximum absolute atomic E-state index is 11.5. The number of nitrogens with one attached hydrogen (secondary N) is 1. The highest BCUT2D eigenvalue weighted by Crippen LogP contribution is 2.35. The number of carbonyl (C=O) groups is 1. The molecule has 2 aliphatic heterocycles. The van der Waals surface area contributed by atoms with Crippen molar-refractivity contribution < 1.29 is 19.0 Å². The molecule has 2 aliphatic rings. The zero-order valence-corrected chi connectivity index (χ0v) is 11.2. The highest BCUT2D eigenvalue weighted by Gasteiger charge is 2.42. The zero-order valence-electron chi connectivity index (χ0n) is 11.2. The maximum atomic E-state index is 11.5. The van der Waals surface area contributed by atoms with Crippen LogP contribution in [0.4, 0.5) is 4.79 Å². The molecule has 18 heavy (non-hydrogen) atoms. The van der Waals surface area contributed by atoms with Gasteiger partial charge in [0.05, 0.1) is 18.8 Å². The van der Waals surface area contributed by atoms with Crippen LogP contribution in [0.1, 0.15) is 33.1 Å². The average Bonchev–Trinajstić information content (AvgIpc) is 2.70. The Labute approximate surface area is 108 Å². The third-order valence-electron chi connectivity index (χ3n) is 3.49. The molecule has 2 heterocycles. The zero-order chi connectivity index (χ0) is 13.0. The standard InChI is InChI=1S/C13H23NO4/c1-10(2)8-16-12(15)18-11-7-13(17-9-11)3-5-14-6-4-13/h10-11,14H,3-9H2,1-2H3. The Morgan fingerprint density at radius 3 is 2.83 bits per heavy atom. The summed E-state index contributed by atoms with van der Waals surface area (Å²) < 4.78 is 16.1. The number of piperidine rings is 1. The summed E-state index contributed by atoms with van der Waals surface area (Å²) in [6.07, 6.45) is 2.07. The predicted molar refractivity (Wildman–Crippen MR) is 66.5 cm³/mol. The summed E-state index contributed by atoms with van der Waals surface area (Å²) in [5.74, 6) is 0.327. The molecule has 1 N–H and O–H groups in total. The second-order valence-corrected chi connectivity index (χ2v) is 5.64. The molecule has 1 spiro atoms. The largest absolute Gasteiger partial charge is 0.508 e. The average molecular weight is 257 g/mol. The molecule has 2 saturated heterocycles. The fourth-order valence-corrected chi connectivity index (χ4v) is 2.51. The Kier molecular flexibility index (Phi) is 4.45. The first-order valence-corrected chi connectivity index (χ1v) is 6.78. The lowest BCUT2D eigenvalue weighted by atomic mass is 9.89. The predicted octanol–water partition coefficient (Wildman–Crippen LogP) is 1.71. The van der Waals surface area contributed by atoms with Crippen molar-refractivity contribution in [2.75, 3.05) is 26.3 Å². The van der Waals surface area contributed by atoms with E-state index in [1.54, 1.807) is 0 Å². The van der Waals surface area contributed by atoms with Crippen molar-refractivity contribution in [2.45, 2.75) is 44.8 Å². The van der Waals surface area contributed by atoms with Gasteiger partial charge in [-0.3, -0.25) is 0 Å². The smallest absolute Gasteiger partial charge is 0.434 e. The summed E-state index contributed by atoms with van der Waals surface area (Å²) in [6.45, 7) is 6.85. The van der Waals surface area contributed by atoms with Crippen molar-refractivity contribution in [1.29, 1.82) is 0 Å². The summed E-state index contributed by atoms with van der Waals surface area (Å²) in [5.41, 5.74) is -0.0752. The van der Waals surface area contributed by atoms with E-state index in [0.717, 1.165) is 32.4 Å². The lowest BCUT2D eigenvalue weighted by molar-refractivity contribution is -0.0235. The summed E-state index contributed by atoms with van der Waals surface area (Å²) in [6, 6.07) is 0. The molecule has 5 nitrogen and oxygen atoms in total. The van der Waals surface area contributed by atoms with Crippen LogP contribution < -0.4 is 5.32 Å². The Morgan fingerprint density at radius 2 is 2.17 bits per heavy atom. The van der Waals surface area contributed by atoms with Crippen molar-refractivity contribution >= 4 is 6.16 Å². The van der Waals surface area contributed by atoms with E-state index in [-0.39, 0.29) is 11.7 Å². The molecule has 0 aromatic rings. The lowest BCUT2D eigenvalue weighted by Gasteiger charge is -2.32. The minimum Gasteiger partial charge on any atom is -0.434 e. The Balaban J connectivity index is 1.73. The normalized spacial score (nSPS) is 26.5. The molecule has 0 aromatic heterocycles. The van der Waals surface area contributed by atoms with Gasteiger partial charge in [-0.25, -0.2) is 4.79 Å². The Bertz CT molecular complexity index is 287. The van der Waals surface area contributed by atoms with E-state index in [4.69, 9.17) is 14.2 Å². The number of hydrogen-bond donors (Lipinski definition) is 1. The summed E-state index contributed by atoms with van der Waals surface area (Å²) in [4.78, 5) is 11.5. The number of ether oxygens (including phenoxy) is 3. The van der Waals surface area contributed by atoms with Crippen LogP contribution in [0.2, 0.25) is 0 Å². The number of carbonyl (C=O) groups excluding carboxylic acids is 1. The van der Waals surface area contributed by atoms with E-state index >= 15 is 0 Å². The molecule has 1 atom stereocenters. The summed E-state index contributed by atoms with van der Waals surface area (Å²) in [5, 5.41) is 3.31. The molecule has 104 valence electrons. The van der Waals surface area contributed by atoms with Crippen LogP contribution in [0.15, 0.2) is 0 Å². The third-order valence-corrected chi connectivity index (χ3v) is 3.49. The van der Waals surface area contributed by atoms with Crippen molar-refractivity contribution in [2.24, 2.45) is 5.92 Å². The van der Waals surface area contributed by atoms with Crippen molar-refractivity contribution in [3.8, 4) is 0 Å². The van der Waals surface area contributed by atoms with E-state index in [0.29, 0.717) is 19.1 Å². The first kappa shape index (κ1) is 13.6. The van der Waals surface area contributed by atoms with Gasteiger partial charge >= 0.3 is 6.16 Å². The highest BCUT2D eigenvalue weighted by molar-refractivity contribution is 5.60. The van der Waals surface area contributed by atoms with Gasteiger partial charge in [0.25, 0.3) is 0 Å². The van der Waals surface area contributed by atoms with Crippen LogP contribution in [0, 0.1) is 5.92 Å². The number of rotatable bonds is 3. The molecular formula is C13H23NO4. The van der Waals surface area contributed by atoms with Crippen molar-refractivity contribution in [1.82, 2.24) is 5.32 Å². The molecule has 0 radical (unpaired) electrons. The highest BCUT2D eigenvalue weighted by atomic mass is 16.7. The van der Waals surface area contributed by atoms with Crippen LogP contribution in [0.3, 0.4) is 0 Å². The van der Waals surface area contributed by atoms with Gasteiger partial charge in [-0.1, -0.05) is 13.8 Å². The van der Waals surface area contributed by atoms with Gasteiger partial charge in [0.1, 0.15) is 6.10 Å². The Hall–Kier alpha value is -0.810. The fraction of sp³-hybridized carbons (Fsp3) is 0.923. The van der Waals surface area contributed by atoms with E-state index in [9.17, 15) is 4.79 Å². The second-order valence-electron chi connectivity index (χ2n) is 5.64. The van der Waals surface area contributed by atoms with Crippen molar-refractivity contribution in [3.05, 3.63) is 0 Å². The van der Waals surface area contributed by atoms with Gasteiger partial charge in [-0.15, -0.1) is 0 Å². The molecule has 0 aliphatic carbocycles. The molecule has 0 bridgehead atoms. The molecule has 0 aromatic carbocycles. The van der Waals surface area contributed by atoms with E-state index < -0.39 is 6.16 Å². The quantitative estimate of drug-likeness (QED) is 0.780. The molecule has 5 heteroatoms. The summed E-state index contributed by atoms with van der Waals surface area (Å²) >= 11 is 0. The van der Waals surface area contributed by atoms with E-state index in [1.165, 1.54) is 0 Å². The molecule has 2 rings (SSSR count). The first-order chi connectivity index (χ1) is 8.60. The van der Waals surface area contributed by atoms with Crippen LogP contribution in [-0.4, -0.2) is 44.2 Å². The maximum Gasteiger partial charge on any atom is 0.508 e. The van der Waals surface area contributed by atoms with Gasteiger partial charge in [0.15, 0.2) is 0 Å². The van der Waals surface area contributed by atoms with Crippen molar-refractivity contribution in [3.63, 3.8) is 0 Å². The first-order valence-electron chi connectivity index (χ1n) is 6.78. The lowest BCUT2D eigenvalue weighted by Crippen LogP contribution is -2.41. The van der Waals surface area contributed by atoms with E-state index in [2.05, 4.69) is 5.32 Å². The number of hydrogen-bond acceptors (Lipinski definition) is 5. The van der Waals surface area contributed by atoms with Gasteiger partial charge in [0, 0.05) is 6.42 Å².